The van der Waals surface area contributed by atoms with Gasteiger partial charge in [0.2, 0.25) is 0 Å². The lowest BCUT2D eigenvalue weighted by Gasteiger charge is -2.20. The minimum absolute atomic E-state index is 0.0107. The summed E-state index contributed by atoms with van der Waals surface area (Å²) in [7, 11) is 0. The van der Waals surface area contributed by atoms with Crippen LogP contribution in [-0.2, 0) is 0 Å². The Kier molecular flexibility index (Phi) is 3.29. The van der Waals surface area contributed by atoms with Gasteiger partial charge in [-0.25, -0.2) is 0 Å². The molecule has 0 unspecified atom stereocenters. The van der Waals surface area contributed by atoms with Crippen molar-refractivity contribution in [3.8, 4) is 33.4 Å². The molecule has 0 saturated carbocycles. The van der Waals surface area contributed by atoms with Gasteiger partial charge >= 0.3 is 0 Å². The molecule has 1 heteroatoms. The normalized spacial score (nSPS) is 15.6. The van der Waals surface area contributed by atoms with Gasteiger partial charge in [-0.15, -0.1) is 0 Å². The Hall–Kier alpha value is -5.66. The Bertz CT molecular complexity index is 3090. The third-order valence-corrected chi connectivity index (χ3v) is 8.01. The molecule has 9 aromatic rings. The van der Waals surface area contributed by atoms with Crippen molar-refractivity contribution in [1.29, 1.82) is 0 Å². The van der Waals surface area contributed by atoms with E-state index in [1.165, 1.54) is 0 Å². The summed E-state index contributed by atoms with van der Waals surface area (Å²) < 4.78 is 115. The van der Waals surface area contributed by atoms with Gasteiger partial charge in [0.1, 0.15) is 11.2 Å². The molecule has 0 bridgehead atoms. The van der Waals surface area contributed by atoms with Crippen LogP contribution in [0.3, 0.4) is 0 Å². The summed E-state index contributed by atoms with van der Waals surface area (Å²) >= 11 is 0. The van der Waals surface area contributed by atoms with Crippen molar-refractivity contribution >= 4 is 54.3 Å². The molecule has 43 heavy (non-hydrogen) atoms. The standard InChI is InChI=1S/C42H26O/c1-2-13-27(14-3-1)30-17-6-7-18-31(30)40-32-19-8-10-21-34(32)41(35-22-11-9-20-33(35)40)36-23-12-24-38-42(36)37-25-28-15-4-5-16-29(28)26-39(37)43-38/h1-26H/i6D,7D,8D,9D,10D,11D,17D,18D,19D,20D,21D,22D. The summed E-state index contributed by atoms with van der Waals surface area (Å²) in [6.45, 7) is 0. The van der Waals surface area contributed by atoms with E-state index in [4.69, 9.17) is 14.0 Å². The van der Waals surface area contributed by atoms with E-state index in [1.807, 2.05) is 36.4 Å². The third kappa shape index (κ3) is 3.65. The van der Waals surface area contributed by atoms with Gasteiger partial charge in [0, 0.05) is 10.8 Å². The second kappa shape index (κ2) is 9.44. The molecule has 0 saturated heterocycles. The monoisotopic (exact) mass is 558 g/mol. The van der Waals surface area contributed by atoms with E-state index in [9.17, 15) is 6.85 Å². The Morgan fingerprint density at radius 2 is 0.977 bits per heavy atom. The van der Waals surface area contributed by atoms with E-state index >= 15 is 0 Å². The van der Waals surface area contributed by atoms with E-state index in [0.717, 1.165) is 10.8 Å². The summed E-state index contributed by atoms with van der Waals surface area (Å²) in [5.41, 5.74) is 1.55. The van der Waals surface area contributed by atoms with Crippen LogP contribution in [0.4, 0.5) is 0 Å². The fourth-order valence-electron chi connectivity index (χ4n) is 6.19. The average molecular weight is 559 g/mol. The molecule has 9 rings (SSSR count). The molecule has 0 aliphatic carbocycles. The largest absolute Gasteiger partial charge is 0.456 e. The molecular formula is C42H26O. The first kappa shape index (κ1) is 15.0. The Balaban J connectivity index is 1.62. The molecule has 8 aromatic carbocycles. The van der Waals surface area contributed by atoms with Gasteiger partial charge in [0.05, 0.1) is 16.4 Å². The molecular weight excluding hydrogens is 520 g/mol. The van der Waals surface area contributed by atoms with Gasteiger partial charge in [-0.1, -0.05) is 139 Å². The van der Waals surface area contributed by atoms with E-state index in [0.29, 0.717) is 33.1 Å². The second-order valence-electron chi connectivity index (χ2n) is 10.3. The van der Waals surface area contributed by atoms with E-state index in [-0.39, 0.29) is 43.8 Å². The maximum atomic E-state index is 9.45. The van der Waals surface area contributed by atoms with Gasteiger partial charge in [-0.3, -0.25) is 0 Å². The van der Waals surface area contributed by atoms with E-state index in [1.54, 1.807) is 48.5 Å². The van der Waals surface area contributed by atoms with Crippen molar-refractivity contribution in [3.05, 3.63) is 157 Å². The zero-order valence-corrected chi connectivity index (χ0v) is 22.5. The number of rotatable bonds is 3. The first-order valence-electron chi connectivity index (χ1n) is 19.8. The number of furan rings is 1. The third-order valence-electron chi connectivity index (χ3n) is 8.01. The molecule has 0 amide bonds. The zero-order chi connectivity index (χ0) is 38.8. The van der Waals surface area contributed by atoms with Crippen LogP contribution in [0.5, 0.6) is 0 Å². The Morgan fingerprint density at radius 3 is 1.65 bits per heavy atom. The summed E-state index contributed by atoms with van der Waals surface area (Å²) in [5.74, 6) is 0. The molecule has 1 nitrogen and oxygen atoms in total. The highest BCUT2D eigenvalue weighted by molar-refractivity contribution is 6.26. The quantitative estimate of drug-likeness (QED) is 0.197. The van der Waals surface area contributed by atoms with E-state index in [2.05, 4.69) is 0 Å². The molecule has 0 atom stereocenters. The number of hydrogen-bond donors (Lipinski definition) is 0. The van der Waals surface area contributed by atoms with Crippen LogP contribution < -0.4 is 0 Å². The highest BCUT2D eigenvalue weighted by atomic mass is 16.3. The maximum Gasteiger partial charge on any atom is 0.136 e. The average Bonchev–Trinajstić information content (AvgIpc) is 3.57. The SMILES string of the molecule is [2H]c1c([2H])c([2H])c(-c2c3c([2H])c([2H])c([2H])c([2H])c3c(-c3cccc4oc5cc6ccccc6cc5c34)c3c([2H])c([2H])c([2H])c([2H])c23)c(-c2ccccc2)c1[2H]. The topological polar surface area (TPSA) is 13.1 Å². The van der Waals surface area contributed by atoms with Gasteiger partial charge in [-0.05, 0) is 83.9 Å². The first-order valence-corrected chi connectivity index (χ1v) is 13.8. The Labute approximate surface area is 266 Å². The number of fused-ring (bicyclic) bond motifs is 6. The highest BCUT2D eigenvalue weighted by Crippen LogP contribution is 2.48. The van der Waals surface area contributed by atoms with Crippen LogP contribution in [0.25, 0.3) is 87.6 Å². The van der Waals surface area contributed by atoms with Gasteiger partial charge < -0.3 is 4.42 Å². The first-order chi connectivity index (χ1) is 26.3. The lowest BCUT2D eigenvalue weighted by Crippen LogP contribution is -1.93. The van der Waals surface area contributed by atoms with Crippen LogP contribution in [0, 0.1) is 0 Å². The van der Waals surface area contributed by atoms with Crippen LogP contribution >= 0.6 is 0 Å². The summed E-state index contributed by atoms with van der Waals surface area (Å²) in [4.78, 5) is 0. The second-order valence-corrected chi connectivity index (χ2v) is 10.3. The zero-order valence-electron chi connectivity index (χ0n) is 34.5. The molecule has 0 aliphatic rings. The molecule has 0 N–H and O–H groups in total. The van der Waals surface area contributed by atoms with Crippen molar-refractivity contribution in [2.75, 3.05) is 0 Å². The smallest absolute Gasteiger partial charge is 0.136 e. The molecule has 0 radical (unpaired) electrons. The number of benzene rings is 8. The van der Waals surface area contributed by atoms with Crippen molar-refractivity contribution in [2.24, 2.45) is 0 Å². The summed E-state index contributed by atoms with van der Waals surface area (Å²) in [6.07, 6.45) is 0. The minimum atomic E-state index is -0.620. The molecule has 0 spiro atoms. The molecule has 1 aromatic heterocycles. The molecule has 1 heterocycles. The lowest BCUT2D eigenvalue weighted by molar-refractivity contribution is 0.669. The molecule has 0 aliphatic heterocycles. The fourth-order valence-corrected chi connectivity index (χ4v) is 6.19. The predicted molar refractivity (Wildman–Crippen MR) is 183 cm³/mol. The van der Waals surface area contributed by atoms with Gasteiger partial charge in [-0.2, -0.15) is 0 Å². The molecule has 0 fully saturated rings. The molecule has 200 valence electrons. The summed E-state index contributed by atoms with van der Waals surface area (Å²) in [6, 6.07) is 18.6. The lowest BCUT2D eigenvalue weighted by atomic mass is 9.83. The number of hydrogen-bond acceptors (Lipinski definition) is 1. The van der Waals surface area contributed by atoms with Crippen LogP contribution in [0.2, 0.25) is 0 Å². The van der Waals surface area contributed by atoms with Crippen LogP contribution in [-0.4, -0.2) is 0 Å². The van der Waals surface area contributed by atoms with Crippen LogP contribution in [0.1, 0.15) is 16.4 Å². The van der Waals surface area contributed by atoms with Crippen molar-refractivity contribution < 1.29 is 20.9 Å². The van der Waals surface area contributed by atoms with Gasteiger partial charge in [0.15, 0.2) is 0 Å². The fraction of sp³-hybridized carbons (Fsp3) is 0. The van der Waals surface area contributed by atoms with Crippen molar-refractivity contribution in [3.63, 3.8) is 0 Å². The minimum Gasteiger partial charge on any atom is -0.456 e. The Morgan fingerprint density at radius 1 is 0.419 bits per heavy atom. The maximum absolute atomic E-state index is 9.45. The van der Waals surface area contributed by atoms with Crippen LogP contribution in [0.15, 0.2) is 162 Å². The van der Waals surface area contributed by atoms with E-state index < -0.39 is 72.5 Å². The van der Waals surface area contributed by atoms with Gasteiger partial charge in [0.25, 0.3) is 0 Å². The predicted octanol–water partition coefficient (Wildman–Crippen LogP) is 12.0. The van der Waals surface area contributed by atoms with Crippen molar-refractivity contribution in [2.45, 2.75) is 0 Å². The highest BCUT2D eigenvalue weighted by Gasteiger charge is 2.21. The van der Waals surface area contributed by atoms with Crippen molar-refractivity contribution in [1.82, 2.24) is 0 Å². The summed E-state index contributed by atoms with van der Waals surface area (Å²) in [5, 5.41) is 2.62.